The van der Waals surface area contributed by atoms with E-state index in [0.29, 0.717) is 41.4 Å². The molecule has 0 saturated heterocycles. The van der Waals surface area contributed by atoms with Crippen molar-refractivity contribution in [2.75, 3.05) is 49.7 Å². The van der Waals surface area contributed by atoms with Crippen molar-refractivity contribution in [1.29, 1.82) is 5.41 Å². The Balaban J connectivity index is 1.62. The van der Waals surface area contributed by atoms with Gasteiger partial charge >= 0.3 is 0 Å². The van der Waals surface area contributed by atoms with Gasteiger partial charge in [0.2, 0.25) is 0 Å². The first kappa shape index (κ1) is 24.9. The van der Waals surface area contributed by atoms with Crippen LogP contribution < -0.4 is 20.7 Å². The Labute approximate surface area is 208 Å². The van der Waals surface area contributed by atoms with Crippen LogP contribution in [-0.2, 0) is 0 Å². The molecule has 11 heteroatoms. The molecule has 0 atom stereocenters. The van der Waals surface area contributed by atoms with Crippen LogP contribution >= 0.6 is 0 Å². The molecule has 3 aromatic rings. The number of anilines is 2. The van der Waals surface area contributed by atoms with E-state index < -0.39 is 0 Å². The lowest BCUT2D eigenvalue weighted by atomic mass is 10.0. The van der Waals surface area contributed by atoms with Crippen molar-refractivity contribution < 1.29 is 20.1 Å². The van der Waals surface area contributed by atoms with Gasteiger partial charge < -0.3 is 36.0 Å². The molecule has 0 radical (unpaired) electrons. The van der Waals surface area contributed by atoms with Crippen molar-refractivity contribution in [1.82, 2.24) is 9.61 Å². The van der Waals surface area contributed by atoms with Crippen molar-refractivity contribution in [3.05, 3.63) is 72.2 Å². The first-order chi connectivity index (χ1) is 17.5. The quantitative estimate of drug-likeness (QED) is 0.219. The molecule has 2 heterocycles. The smallest absolute Gasteiger partial charge is 0.260 e. The summed E-state index contributed by atoms with van der Waals surface area (Å²) in [6, 6.07) is 13.0. The van der Waals surface area contributed by atoms with Crippen LogP contribution in [0, 0.1) is 5.41 Å². The number of nitrogens with one attached hydrogen (secondary N) is 2. The van der Waals surface area contributed by atoms with Crippen LogP contribution in [0.5, 0.6) is 5.88 Å². The molecule has 0 fully saturated rings. The van der Waals surface area contributed by atoms with Crippen LogP contribution in [0.4, 0.5) is 17.1 Å². The van der Waals surface area contributed by atoms with Gasteiger partial charge in [-0.15, -0.1) is 5.10 Å². The third kappa shape index (κ3) is 5.54. The van der Waals surface area contributed by atoms with Gasteiger partial charge in [-0.25, -0.2) is 9.51 Å². The predicted octanol–water partition coefficient (Wildman–Crippen LogP) is 1.44. The maximum Gasteiger partial charge on any atom is 0.260 e. The monoisotopic (exact) mass is 491 g/mol. The fourth-order valence-corrected chi connectivity index (χ4v) is 3.76. The van der Waals surface area contributed by atoms with E-state index in [1.807, 2.05) is 47.4 Å². The number of hydrogen-bond donors (Lipinski definition) is 6. The molecule has 36 heavy (non-hydrogen) atoms. The fraction of sp³-hybridized carbons (Fsp3) is 0.240. The topological polar surface area (TPSA) is 165 Å². The zero-order valence-corrected chi connectivity index (χ0v) is 19.6. The molecule has 188 valence electrons. The number of aromatic nitrogens is 2. The van der Waals surface area contributed by atoms with Gasteiger partial charge in [-0.1, -0.05) is 6.07 Å². The summed E-state index contributed by atoms with van der Waals surface area (Å²) in [5.41, 5.74) is 10.5. The number of rotatable bonds is 11. The highest BCUT2D eigenvalue weighted by atomic mass is 16.5. The maximum atomic E-state index is 9.27. The van der Waals surface area contributed by atoms with E-state index in [0.717, 1.165) is 11.4 Å². The molecule has 0 aliphatic heterocycles. The number of allylic oxidation sites excluding steroid dienone is 2. The average Bonchev–Trinajstić information content (AvgIpc) is 3.23. The molecule has 0 saturated carbocycles. The summed E-state index contributed by atoms with van der Waals surface area (Å²) >= 11 is 0. The zero-order chi connectivity index (χ0) is 25.5. The molecule has 7 N–H and O–H groups in total. The number of nitrogens with two attached hydrogens (primary N) is 1. The normalized spacial score (nSPS) is 14.6. The van der Waals surface area contributed by atoms with E-state index in [4.69, 9.17) is 21.0 Å². The van der Waals surface area contributed by atoms with Crippen LogP contribution in [0.3, 0.4) is 0 Å². The van der Waals surface area contributed by atoms with Crippen molar-refractivity contribution in [3.63, 3.8) is 0 Å². The molecular weight excluding hydrogens is 462 g/mol. The first-order valence-electron chi connectivity index (χ1n) is 11.5. The highest BCUT2D eigenvalue weighted by molar-refractivity contribution is 6.51. The second-order valence-corrected chi connectivity index (χ2v) is 7.93. The highest BCUT2D eigenvalue weighted by Gasteiger charge is 2.19. The van der Waals surface area contributed by atoms with Gasteiger partial charge in [-0.3, -0.25) is 5.41 Å². The van der Waals surface area contributed by atoms with Gasteiger partial charge in [0.05, 0.1) is 48.2 Å². The molecule has 11 nitrogen and oxygen atoms in total. The average molecular weight is 492 g/mol. The number of hydrogen-bond acceptors (Lipinski definition) is 10. The Morgan fingerprint density at radius 3 is 2.47 bits per heavy atom. The SMILES string of the molecule is N=C1C=C(N)C(Nc2ccc(N(CCO)CCO)cc2)=CC1=Nc1c(OCCO)nn2ccccc12. The van der Waals surface area contributed by atoms with E-state index in [2.05, 4.69) is 15.4 Å². The summed E-state index contributed by atoms with van der Waals surface area (Å²) in [7, 11) is 0. The second-order valence-electron chi connectivity index (χ2n) is 7.93. The van der Waals surface area contributed by atoms with Crippen LogP contribution in [0.15, 0.2) is 77.2 Å². The Bertz CT molecular complexity index is 1310. The number of aliphatic hydroxyl groups excluding tert-OH is 3. The van der Waals surface area contributed by atoms with Crippen LogP contribution in [0.25, 0.3) is 5.52 Å². The minimum absolute atomic E-state index is 0.0122. The van der Waals surface area contributed by atoms with Gasteiger partial charge in [0.15, 0.2) is 5.69 Å². The standard InChI is InChI=1S/C25H29N7O4/c26-19-15-20(27)22(29-24-23-3-1-2-8-32(23)30-25(24)36-14-13-35)16-21(19)28-17-4-6-18(7-5-17)31(9-11-33)10-12-34/h1-8,15-16,27-28,33-35H,9-14,26H2. The molecule has 4 rings (SSSR count). The lowest BCUT2D eigenvalue weighted by Crippen LogP contribution is -2.29. The van der Waals surface area contributed by atoms with Gasteiger partial charge in [0, 0.05) is 30.7 Å². The summed E-state index contributed by atoms with van der Waals surface area (Å²) in [6.45, 7) is 0.721. The molecule has 0 spiro atoms. The highest BCUT2D eigenvalue weighted by Crippen LogP contribution is 2.32. The maximum absolute atomic E-state index is 9.27. The fourth-order valence-electron chi connectivity index (χ4n) is 3.76. The lowest BCUT2D eigenvalue weighted by Gasteiger charge is -2.23. The van der Waals surface area contributed by atoms with Gasteiger partial charge in [-0.05, 0) is 48.6 Å². The minimum Gasteiger partial charge on any atom is -0.473 e. The molecule has 0 bridgehead atoms. The van der Waals surface area contributed by atoms with E-state index in [-0.39, 0.29) is 38.0 Å². The Morgan fingerprint density at radius 1 is 1.03 bits per heavy atom. The number of benzene rings is 1. The van der Waals surface area contributed by atoms with Crippen molar-refractivity contribution in [2.24, 2.45) is 10.7 Å². The van der Waals surface area contributed by atoms with E-state index in [9.17, 15) is 10.2 Å². The van der Waals surface area contributed by atoms with Crippen LogP contribution in [0.1, 0.15) is 0 Å². The van der Waals surface area contributed by atoms with E-state index >= 15 is 0 Å². The van der Waals surface area contributed by atoms with Crippen molar-refractivity contribution in [2.45, 2.75) is 0 Å². The van der Waals surface area contributed by atoms with Crippen molar-refractivity contribution in [3.8, 4) is 5.88 Å². The summed E-state index contributed by atoms with van der Waals surface area (Å²) in [5, 5.41) is 43.8. The number of pyridine rings is 1. The predicted molar refractivity (Wildman–Crippen MR) is 139 cm³/mol. The summed E-state index contributed by atoms with van der Waals surface area (Å²) < 4.78 is 7.21. The third-order valence-corrected chi connectivity index (χ3v) is 5.46. The molecule has 1 aromatic carbocycles. The summed E-state index contributed by atoms with van der Waals surface area (Å²) in [4.78, 5) is 6.56. The van der Waals surface area contributed by atoms with Crippen molar-refractivity contribution >= 4 is 34.0 Å². The second kappa shape index (κ2) is 11.5. The Morgan fingerprint density at radius 2 is 1.78 bits per heavy atom. The molecule has 1 aliphatic carbocycles. The number of fused-ring (bicyclic) bond motifs is 1. The van der Waals surface area contributed by atoms with Crippen LogP contribution in [0.2, 0.25) is 0 Å². The zero-order valence-electron chi connectivity index (χ0n) is 19.6. The lowest BCUT2D eigenvalue weighted by molar-refractivity contribution is 0.197. The summed E-state index contributed by atoms with van der Waals surface area (Å²) in [6.07, 6.45) is 4.99. The van der Waals surface area contributed by atoms with Gasteiger partial charge in [0.25, 0.3) is 5.88 Å². The first-order valence-corrected chi connectivity index (χ1v) is 11.5. The van der Waals surface area contributed by atoms with Gasteiger partial charge in [0.1, 0.15) is 6.61 Å². The largest absolute Gasteiger partial charge is 0.473 e. The molecule has 0 unspecified atom stereocenters. The van der Waals surface area contributed by atoms with E-state index in [1.165, 1.54) is 6.08 Å². The molecular formula is C25H29N7O4. The number of nitrogens with zero attached hydrogens (tertiary/aromatic N) is 4. The Kier molecular flexibility index (Phi) is 7.95. The Hall–Kier alpha value is -4.19. The number of aliphatic hydroxyl groups is 3. The molecule has 2 aromatic heterocycles. The van der Waals surface area contributed by atoms with Gasteiger partial charge in [-0.2, -0.15) is 0 Å². The third-order valence-electron chi connectivity index (χ3n) is 5.46. The number of aliphatic imine (C=N–C) groups is 1. The number of ether oxygens (including phenoxy) is 1. The molecule has 0 amide bonds. The molecule has 1 aliphatic rings. The van der Waals surface area contributed by atoms with E-state index in [1.54, 1.807) is 16.8 Å². The van der Waals surface area contributed by atoms with Crippen LogP contribution in [-0.4, -0.2) is 75.9 Å². The minimum atomic E-state index is -0.163. The summed E-state index contributed by atoms with van der Waals surface area (Å²) in [5.74, 6) is 0.256.